The minimum absolute atomic E-state index is 0.219. The summed E-state index contributed by atoms with van der Waals surface area (Å²) in [6.45, 7) is 2.04. The first-order chi connectivity index (χ1) is 14.5. The monoisotopic (exact) mass is 414 g/mol. The first-order valence-electron chi connectivity index (χ1n) is 9.59. The van der Waals surface area contributed by atoms with Gasteiger partial charge >= 0.3 is 0 Å². The molecule has 30 heavy (non-hydrogen) atoms. The Kier molecular flexibility index (Phi) is 5.59. The predicted octanol–water partition coefficient (Wildman–Crippen LogP) is 5.35. The second-order valence-corrected chi connectivity index (χ2v) is 8.19. The van der Waals surface area contributed by atoms with Gasteiger partial charge in [0, 0.05) is 25.3 Å². The van der Waals surface area contributed by atoms with E-state index < -0.39 is 0 Å². The Morgan fingerprint density at radius 3 is 2.43 bits per heavy atom. The number of aryl methyl sites for hydroxylation is 1. The number of amides is 1. The van der Waals surface area contributed by atoms with E-state index in [1.165, 1.54) is 16.3 Å². The zero-order valence-electron chi connectivity index (χ0n) is 17.1. The lowest BCUT2D eigenvalue weighted by molar-refractivity contribution is 0.0988. The van der Waals surface area contributed by atoms with Crippen molar-refractivity contribution in [1.29, 1.82) is 0 Å². The third-order valence-corrected chi connectivity index (χ3v) is 5.65. The van der Waals surface area contributed by atoms with Gasteiger partial charge in [0.05, 0.1) is 16.4 Å². The average Bonchev–Trinajstić information content (AvgIpc) is 3.17. The summed E-state index contributed by atoms with van der Waals surface area (Å²) in [6, 6.07) is 23.3. The zero-order valence-corrected chi connectivity index (χ0v) is 17.9. The van der Waals surface area contributed by atoms with Gasteiger partial charge in [0.2, 0.25) is 5.13 Å². The number of benzene rings is 3. The molecule has 0 atom stereocenters. The van der Waals surface area contributed by atoms with Crippen molar-refractivity contribution in [2.45, 2.75) is 6.92 Å². The van der Waals surface area contributed by atoms with Crippen LogP contribution < -0.4 is 9.91 Å². The molecule has 0 spiro atoms. The molecule has 1 aromatic heterocycles. The molecule has 0 saturated carbocycles. The summed E-state index contributed by atoms with van der Waals surface area (Å²) in [7, 11) is 3.94. The Bertz CT molecular complexity index is 1200. The molecule has 150 valence electrons. The van der Waals surface area contributed by atoms with Gasteiger partial charge in [0.1, 0.15) is 0 Å². The molecule has 0 unspecified atom stereocenters. The van der Waals surface area contributed by atoms with Crippen LogP contribution in [0.1, 0.15) is 21.5 Å². The van der Waals surface area contributed by atoms with E-state index >= 15 is 0 Å². The first-order valence-corrected chi connectivity index (χ1v) is 10.4. The second-order valence-electron chi connectivity index (χ2n) is 7.18. The van der Waals surface area contributed by atoms with E-state index in [0.29, 0.717) is 10.7 Å². The van der Waals surface area contributed by atoms with Crippen molar-refractivity contribution < 1.29 is 4.79 Å². The third kappa shape index (κ3) is 4.23. The summed E-state index contributed by atoms with van der Waals surface area (Å²) >= 11 is 1.46. The van der Waals surface area contributed by atoms with Crippen LogP contribution in [0.5, 0.6) is 0 Å². The van der Waals surface area contributed by atoms with Crippen molar-refractivity contribution in [1.82, 2.24) is 4.98 Å². The Balaban J connectivity index is 1.73. The largest absolute Gasteiger partial charge is 0.378 e. The van der Waals surface area contributed by atoms with Gasteiger partial charge in [-0.1, -0.05) is 47.7 Å². The van der Waals surface area contributed by atoms with Gasteiger partial charge in [0.15, 0.2) is 0 Å². The molecule has 6 heteroatoms. The van der Waals surface area contributed by atoms with Crippen LogP contribution in [0, 0.1) is 6.92 Å². The van der Waals surface area contributed by atoms with Crippen LogP contribution in [-0.4, -0.2) is 31.2 Å². The lowest BCUT2D eigenvalue weighted by atomic mass is 10.2. The van der Waals surface area contributed by atoms with Crippen molar-refractivity contribution >= 4 is 44.5 Å². The molecule has 0 bridgehead atoms. The van der Waals surface area contributed by atoms with Crippen LogP contribution in [-0.2, 0) is 0 Å². The number of anilines is 2. The van der Waals surface area contributed by atoms with Crippen molar-refractivity contribution in [3.8, 4) is 0 Å². The first kappa shape index (κ1) is 19.8. The quantitative estimate of drug-likeness (QED) is 0.327. The Morgan fingerprint density at radius 2 is 1.73 bits per heavy atom. The molecule has 0 N–H and O–H groups in total. The number of hydrogen-bond donors (Lipinski definition) is 0. The normalized spacial score (nSPS) is 11.2. The standard InChI is InChI=1S/C24H22N4OS/c1-17-9-14-21-22(15-17)30-24(26-21)28(25-16-18-7-5-4-6-8-18)23(29)19-10-12-20(13-11-19)27(2)3/h4-16H,1-3H3/b25-16+. The van der Waals surface area contributed by atoms with Crippen LogP contribution in [0.15, 0.2) is 77.9 Å². The molecule has 0 aliphatic heterocycles. The van der Waals surface area contributed by atoms with E-state index in [2.05, 4.69) is 16.2 Å². The van der Waals surface area contributed by atoms with Gasteiger partial charge in [-0.15, -0.1) is 0 Å². The smallest absolute Gasteiger partial charge is 0.280 e. The molecular formula is C24H22N4OS. The molecule has 4 aromatic rings. The Morgan fingerprint density at radius 1 is 1.00 bits per heavy atom. The lowest BCUT2D eigenvalue weighted by Gasteiger charge is -2.16. The zero-order chi connectivity index (χ0) is 21.1. The molecule has 0 aliphatic carbocycles. The number of hydrazone groups is 1. The summed E-state index contributed by atoms with van der Waals surface area (Å²) in [6.07, 6.45) is 1.68. The number of thiazole rings is 1. The molecule has 5 nitrogen and oxygen atoms in total. The maximum Gasteiger partial charge on any atom is 0.280 e. The van der Waals surface area contributed by atoms with Crippen LogP contribution in [0.3, 0.4) is 0 Å². The van der Waals surface area contributed by atoms with E-state index in [1.807, 2.05) is 92.6 Å². The molecule has 0 radical (unpaired) electrons. The highest BCUT2D eigenvalue weighted by Gasteiger charge is 2.21. The van der Waals surface area contributed by atoms with Gasteiger partial charge in [-0.25, -0.2) is 4.98 Å². The molecule has 0 fully saturated rings. The number of rotatable bonds is 5. The van der Waals surface area contributed by atoms with Crippen LogP contribution in [0.2, 0.25) is 0 Å². The molecular weight excluding hydrogens is 392 g/mol. The summed E-state index contributed by atoms with van der Waals surface area (Å²) in [5.41, 5.74) is 4.51. The van der Waals surface area contributed by atoms with Crippen LogP contribution >= 0.6 is 11.3 Å². The van der Waals surface area contributed by atoms with Gasteiger partial charge in [0.25, 0.3) is 5.91 Å². The number of nitrogens with zero attached hydrogens (tertiary/aromatic N) is 4. The highest BCUT2D eigenvalue weighted by molar-refractivity contribution is 7.22. The van der Waals surface area contributed by atoms with E-state index in [-0.39, 0.29) is 5.91 Å². The van der Waals surface area contributed by atoms with E-state index in [9.17, 15) is 4.79 Å². The fraction of sp³-hybridized carbons (Fsp3) is 0.125. The number of carbonyl (C=O) groups is 1. The van der Waals surface area contributed by atoms with Crippen molar-refractivity contribution in [2.24, 2.45) is 5.10 Å². The number of carbonyl (C=O) groups excluding carboxylic acids is 1. The van der Waals surface area contributed by atoms with Gasteiger partial charge < -0.3 is 4.90 Å². The van der Waals surface area contributed by atoms with E-state index in [0.717, 1.165) is 27.0 Å². The maximum absolute atomic E-state index is 13.4. The highest BCUT2D eigenvalue weighted by Crippen LogP contribution is 2.31. The molecule has 1 amide bonds. The predicted molar refractivity (Wildman–Crippen MR) is 126 cm³/mol. The molecule has 0 saturated heterocycles. The van der Waals surface area contributed by atoms with Crippen molar-refractivity contribution in [3.05, 3.63) is 89.5 Å². The topological polar surface area (TPSA) is 48.8 Å². The summed E-state index contributed by atoms with van der Waals surface area (Å²) in [5, 5.41) is 6.44. The van der Waals surface area contributed by atoms with Gasteiger partial charge in [-0.2, -0.15) is 10.1 Å². The minimum Gasteiger partial charge on any atom is -0.378 e. The Hall–Kier alpha value is -3.51. The van der Waals surface area contributed by atoms with Gasteiger partial charge in [-0.3, -0.25) is 4.79 Å². The number of aromatic nitrogens is 1. The van der Waals surface area contributed by atoms with Crippen molar-refractivity contribution in [2.75, 3.05) is 24.0 Å². The number of fused-ring (bicyclic) bond motifs is 1. The third-order valence-electron chi connectivity index (χ3n) is 4.66. The summed E-state index contributed by atoms with van der Waals surface area (Å²) in [4.78, 5) is 20.0. The molecule has 1 heterocycles. The fourth-order valence-electron chi connectivity index (χ4n) is 2.99. The number of hydrogen-bond acceptors (Lipinski definition) is 5. The summed E-state index contributed by atoms with van der Waals surface area (Å²) in [5.74, 6) is -0.219. The van der Waals surface area contributed by atoms with Crippen molar-refractivity contribution in [3.63, 3.8) is 0 Å². The van der Waals surface area contributed by atoms with Crippen LogP contribution in [0.4, 0.5) is 10.8 Å². The lowest BCUT2D eigenvalue weighted by Crippen LogP contribution is -2.25. The molecule has 4 rings (SSSR count). The molecule has 3 aromatic carbocycles. The average molecular weight is 415 g/mol. The Labute approximate surface area is 179 Å². The van der Waals surface area contributed by atoms with Gasteiger partial charge in [-0.05, 0) is 54.4 Å². The molecule has 0 aliphatic rings. The van der Waals surface area contributed by atoms with E-state index in [1.54, 1.807) is 6.21 Å². The minimum atomic E-state index is -0.219. The highest BCUT2D eigenvalue weighted by atomic mass is 32.1. The van der Waals surface area contributed by atoms with Crippen LogP contribution in [0.25, 0.3) is 10.2 Å². The maximum atomic E-state index is 13.4. The second kappa shape index (κ2) is 8.47. The SMILES string of the molecule is Cc1ccc2nc(N(/N=C/c3ccccc3)C(=O)c3ccc(N(C)C)cc3)sc2c1. The summed E-state index contributed by atoms with van der Waals surface area (Å²) < 4.78 is 1.03. The fourth-order valence-corrected chi connectivity index (χ4v) is 4.01. The van der Waals surface area contributed by atoms with E-state index in [4.69, 9.17) is 0 Å².